The fourth-order valence-electron chi connectivity index (χ4n) is 2.68. The first-order chi connectivity index (χ1) is 13.8. The van der Waals surface area contributed by atoms with E-state index in [9.17, 15) is 18.0 Å². The average molecular weight is 419 g/mol. The smallest absolute Gasteiger partial charge is 0.338 e. The lowest BCUT2D eigenvalue weighted by Gasteiger charge is -2.18. The second kappa shape index (κ2) is 8.62. The van der Waals surface area contributed by atoms with Crippen LogP contribution in [-0.2, 0) is 14.8 Å². The zero-order chi connectivity index (χ0) is 21.0. The maximum Gasteiger partial charge on any atom is 0.338 e. The van der Waals surface area contributed by atoms with Gasteiger partial charge in [-0.05, 0) is 50.2 Å². The van der Waals surface area contributed by atoms with Gasteiger partial charge in [-0.25, -0.2) is 17.9 Å². The Bertz CT molecular complexity index is 1030. The maximum absolute atomic E-state index is 12.3. The minimum atomic E-state index is -3.75. The first kappa shape index (κ1) is 20.8. The van der Waals surface area contributed by atoms with Crippen LogP contribution < -0.4 is 14.2 Å². The van der Waals surface area contributed by atoms with E-state index in [1.807, 2.05) is 0 Å². The highest BCUT2D eigenvalue weighted by Gasteiger charge is 2.19. The molecule has 8 nitrogen and oxygen atoms in total. The minimum absolute atomic E-state index is 0.0339. The van der Waals surface area contributed by atoms with E-state index in [0.717, 1.165) is 0 Å². The van der Waals surface area contributed by atoms with Gasteiger partial charge in [0, 0.05) is 11.6 Å². The van der Waals surface area contributed by atoms with E-state index in [1.54, 1.807) is 26.0 Å². The number of fused-ring (bicyclic) bond motifs is 1. The van der Waals surface area contributed by atoms with Crippen LogP contribution in [-0.4, -0.2) is 46.0 Å². The van der Waals surface area contributed by atoms with Gasteiger partial charge in [-0.2, -0.15) is 0 Å². The molecule has 0 unspecified atom stereocenters. The Hall–Kier alpha value is -2.91. The largest absolute Gasteiger partial charge is 0.486 e. The molecule has 0 amide bonds. The number of hydrogen-bond acceptors (Lipinski definition) is 7. The molecule has 0 spiro atoms. The molecular formula is C20H21NO7S. The summed E-state index contributed by atoms with van der Waals surface area (Å²) in [5.74, 6) is -0.195. The van der Waals surface area contributed by atoms with Gasteiger partial charge in [-0.1, -0.05) is 6.07 Å². The molecule has 29 heavy (non-hydrogen) atoms. The van der Waals surface area contributed by atoms with Crippen LogP contribution >= 0.6 is 0 Å². The lowest BCUT2D eigenvalue weighted by molar-refractivity contribution is 0.0474. The summed E-state index contributed by atoms with van der Waals surface area (Å²) in [7, 11) is -3.75. The summed E-state index contributed by atoms with van der Waals surface area (Å²) < 4.78 is 42.8. The molecule has 1 aliphatic rings. The number of hydrogen-bond donors (Lipinski definition) is 1. The van der Waals surface area contributed by atoms with E-state index in [0.29, 0.717) is 30.3 Å². The summed E-state index contributed by atoms with van der Waals surface area (Å²) in [6.45, 7) is 3.74. The number of ether oxygens (including phenoxy) is 3. The van der Waals surface area contributed by atoms with Gasteiger partial charge in [0.05, 0.1) is 10.5 Å². The molecule has 1 heterocycles. The number of rotatable bonds is 7. The molecule has 2 aromatic rings. The highest BCUT2D eigenvalue weighted by molar-refractivity contribution is 7.89. The Kier molecular flexibility index (Phi) is 6.19. The van der Waals surface area contributed by atoms with Gasteiger partial charge in [0.2, 0.25) is 10.0 Å². The summed E-state index contributed by atoms with van der Waals surface area (Å²) in [5, 5.41) is 0. The van der Waals surface area contributed by atoms with Gasteiger partial charge < -0.3 is 14.2 Å². The number of Topliss-reactive ketones (excluding diaryl/α,β-unsaturated/α-hetero) is 1. The van der Waals surface area contributed by atoms with Crippen LogP contribution in [0.25, 0.3) is 0 Å². The maximum atomic E-state index is 12.3. The molecule has 0 atom stereocenters. The predicted molar refractivity (Wildman–Crippen MR) is 104 cm³/mol. The molecule has 1 N–H and O–H groups in total. The molecule has 9 heteroatoms. The lowest BCUT2D eigenvalue weighted by atomic mass is 10.1. The van der Waals surface area contributed by atoms with Gasteiger partial charge >= 0.3 is 5.97 Å². The number of nitrogens with one attached hydrogen (secondary N) is 1. The van der Waals surface area contributed by atoms with Crippen molar-refractivity contribution in [2.24, 2.45) is 0 Å². The molecule has 0 aliphatic carbocycles. The first-order valence-electron chi connectivity index (χ1n) is 8.98. The van der Waals surface area contributed by atoms with Crippen LogP contribution in [0.1, 0.15) is 34.6 Å². The Morgan fingerprint density at radius 2 is 1.76 bits per heavy atom. The summed E-state index contributed by atoms with van der Waals surface area (Å²) in [4.78, 5) is 24.6. The van der Waals surface area contributed by atoms with Crippen molar-refractivity contribution < 1.29 is 32.2 Å². The number of benzene rings is 2. The van der Waals surface area contributed by atoms with Crippen molar-refractivity contribution in [1.29, 1.82) is 0 Å². The van der Waals surface area contributed by atoms with E-state index in [1.165, 1.54) is 30.3 Å². The Labute approximate surface area is 168 Å². The third kappa shape index (κ3) is 5.12. The molecule has 0 radical (unpaired) electrons. The quantitative estimate of drug-likeness (QED) is 0.541. The molecule has 0 bridgehead atoms. The summed E-state index contributed by atoms with van der Waals surface area (Å²) in [5.41, 5.74) is 0.353. The van der Waals surface area contributed by atoms with Gasteiger partial charge in [0.25, 0.3) is 0 Å². The number of carbonyl (C=O) groups is 2. The third-order valence-electron chi connectivity index (χ3n) is 3.97. The van der Waals surface area contributed by atoms with Gasteiger partial charge in [-0.15, -0.1) is 0 Å². The Morgan fingerprint density at radius 3 is 2.48 bits per heavy atom. The third-order valence-corrected chi connectivity index (χ3v) is 5.63. The fraction of sp³-hybridized carbons (Fsp3) is 0.300. The molecular weight excluding hydrogens is 398 g/mol. The number of carbonyl (C=O) groups excluding carboxylic acids is 2. The number of ketones is 1. The summed E-state index contributed by atoms with van der Waals surface area (Å²) in [6.07, 6.45) is 0. The minimum Gasteiger partial charge on any atom is -0.486 e. The van der Waals surface area contributed by atoms with Gasteiger partial charge in [-0.3, -0.25) is 4.79 Å². The van der Waals surface area contributed by atoms with Crippen molar-refractivity contribution in [3.8, 4) is 11.5 Å². The standard InChI is InChI=1S/C20H21NO7S/c1-13(2)21-29(24,25)16-5-3-4-15(10-16)20(23)28-12-17(22)14-6-7-18-19(11-14)27-9-8-26-18/h3-7,10-11,13,21H,8-9,12H2,1-2H3. The SMILES string of the molecule is CC(C)NS(=O)(=O)c1cccc(C(=O)OCC(=O)c2ccc3c(c2)OCCO3)c1. The monoisotopic (exact) mass is 419 g/mol. The highest BCUT2D eigenvalue weighted by Crippen LogP contribution is 2.30. The fourth-order valence-corrected chi connectivity index (χ4v) is 3.98. The molecule has 154 valence electrons. The van der Waals surface area contributed by atoms with E-state index in [2.05, 4.69) is 4.72 Å². The highest BCUT2D eigenvalue weighted by atomic mass is 32.2. The van der Waals surface area contributed by atoms with Crippen LogP contribution in [0.4, 0.5) is 0 Å². The second-order valence-corrected chi connectivity index (χ2v) is 8.38. The van der Waals surface area contributed by atoms with Crippen LogP contribution in [0.5, 0.6) is 11.5 Å². The van der Waals surface area contributed by atoms with Crippen LogP contribution in [0.15, 0.2) is 47.4 Å². The van der Waals surface area contributed by atoms with Crippen molar-refractivity contribution in [2.45, 2.75) is 24.8 Å². The Morgan fingerprint density at radius 1 is 1.03 bits per heavy atom. The van der Waals surface area contributed by atoms with Crippen molar-refractivity contribution in [3.63, 3.8) is 0 Å². The molecule has 0 fully saturated rings. The molecule has 3 rings (SSSR count). The lowest BCUT2D eigenvalue weighted by Crippen LogP contribution is -2.30. The molecule has 1 aliphatic heterocycles. The normalized spacial score (nSPS) is 13.2. The van der Waals surface area contributed by atoms with Gasteiger partial charge in [0.15, 0.2) is 23.9 Å². The molecule has 0 aromatic heterocycles. The summed E-state index contributed by atoms with van der Waals surface area (Å²) >= 11 is 0. The van der Waals surface area contributed by atoms with E-state index < -0.39 is 28.4 Å². The first-order valence-corrected chi connectivity index (χ1v) is 10.5. The van der Waals surface area contributed by atoms with Crippen molar-refractivity contribution in [3.05, 3.63) is 53.6 Å². The summed E-state index contributed by atoms with van der Waals surface area (Å²) in [6, 6.07) is 9.88. The van der Waals surface area contributed by atoms with E-state index in [-0.39, 0.29) is 16.5 Å². The molecule has 2 aromatic carbocycles. The van der Waals surface area contributed by atoms with E-state index in [4.69, 9.17) is 14.2 Å². The number of esters is 1. The van der Waals surface area contributed by atoms with Crippen molar-refractivity contribution in [2.75, 3.05) is 19.8 Å². The topological polar surface area (TPSA) is 108 Å². The van der Waals surface area contributed by atoms with Crippen LogP contribution in [0.3, 0.4) is 0 Å². The second-order valence-electron chi connectivity index (χ2n) is 6.66. The average Bonchev–Trinajstić information content (AvgIpc) is 2.70. The van der Waals surface area contributed by atoms with Crippen molar-refractivity contribution in [1.82, 2.24) is 4.72 Å². The predicted octanol–water partition coefficient (Wildman–Crippen LogP) is 2.18. The Balaban J connectivity index is 1.66. The zero-order valence-electron chi connectivity index (χ0n) is 16.0. The van der Waals surface area contributed by atoms with Crippen LogP contribution in [0.2, 0.25) is 0 Å². The van der Waals surface area contributed by atoms with Crippen LogP contribution in [0, 0.1) is 0 Å². The van der Waals surface area contributed by atoms with Gasteiger partial charge in [0.1, 0.15) is 13.2 Å². The van der Waals surface area contributed by atoms with Crippen molar-refractivity contribution >= 4 is 21.8 Å². The molecule has 0 saturated heterocycles. The number of sulfonamides is 1. The molecule has 0 saturated carbocycles. The zero-order valence-corrected chi connectivity index (χ0v) is 16.8. The van der Waals surface area contributed by atoms with E-state index >= 15 is 0 Å².